The lowest BCUT2D eigenvalue weighted by Crippen LogP contribution is -2.34. The van der Waals surface area contributed by atoms with Crippen molar-refractivity contribution in [1.29, 1.82) is 0 Å². The number of rotatable bonds is 3. The summed E-state index contributed by atoms with van der Waals surface area (Å²) in [6.45, 7) is 2.11. The fourth-order valence-electron chi connectivity index (χ4n) is 2.77. The number of hydrogen-bond donors (Lipinski definition) is 1. The van der Waals surface area contributed by atoms with Gasteiger partial charge < -0.3 is 5.32 Å². The number of anilines is 1. The first-order chi connectivity index (χ1) is 9.63. The van der Waals surface area contributed by atoms with Crippen LogP contribution < -0.4 is 5.32 Å². The van der Waals surface area contributed by atoms with E-state index in [-0.39, 0.29) is 5.82 Å². The molecule has 104 valence electrons. The van der Waals surface area contributed by atoms with Crippen LogP contribution in [-0.4, -0.2) is 6.04 Å². The van der Waals surface area contributed by atoms with Crippen LogP contribution in [0, 0.1) is 12.7 Å². The van der Waals surface area contributed by atoms with Crippen LogP contribution in [0.5, 0.6) is 0 Å². The molecular weight excluding hydrogens is 273 g/mol. The summed E-state index contributed by atoms with van der Waals surface area (Å²) in [7, 11) is 0. The topological polar surface area (TPSA) is 12.0 Å². The summed E-state index contributed by atoms with van der Waals surface area (Å²) in [4.78, 5) is 0. The highest BCUT2D eigenvalue weighted by molar-refractivity contribution is 6.33. The number of aryl methyl sites for hydroxylation is 1. The lowest BCUT2D eigenvalue weighted by Gasteiger charge is -2.37. The molecule has 1 N–H and O–H groups in total. The number of halogens is 2. The van der Waals surface area contributed by atoms with Crippen molar-refractivity contribution in [3.63, 3.8) is 0 Å². The van der Waals surface area contributed by atoms with Crippen LogP contribution >= 0.6 is 11.6 Å². The predicted molar refractivity (Wildman–Crippen MR) is 82.0 cm³/mol. The summed E-state index contributed by atoms with van der Waals surface area (Å²) in [6.07, 6.45) is 2.04. The van der Waals surface area contributed by atoms with Gasteiger partial charge in [-0.3, -0.25) is 0 Å². The monoisotopic (exact) mass is 289 g/mol. The Bertz CT molecular complexity index is 600. The van der Waals surface area contributed by atoms with Crippen molar-refractivity contribution in [1.82, 2.24) is 0 Å². The summed E-state index contributed by atoms with van der Waals surface area (Å²) >= 11 is 6.03. The van der Waals surface area contributed by atoms with E-state index in [0.29, 0.717) is 22.7 Å². The van der Waals surface area contributed by atoms with Gasteiger partial charge in [0.1, 0.15) is 5.82 Å². The molecule has 0 aromatic heterocycles. The van der Waals surface area contributed by atoms with E-state index in [2.05, 4.69) is 36.5 Å². The number of nitrogens with one attached hydrogen (secondary N) is 1. The molecule has 0 saturated heterocycles. The highest BCUT2D eigenvalue weighted by Gasteiger charge is 2.31. The van der Waals surface area contributed by atoms with Crippen molar-refractivity contribution in [2.75, 3.05) is 5.32 Å². The first kappa shape index (κ1) is 13.4. The molecule has 3 rings (SSSR count). The third kappa shape index (κ3) is 2.66. The maximum Gasteiger partial charge on any atom is 0.147 e. The molecule has 0 heterocycles. The van der Waals surface area contributed by atoms with Crippen molar-refractivity contribution in [2.45, 2.75) is 31.7 Å². The summed E-state index contributed by atoms with van der Waals surface area (Å²) in [5, 5.41) is 3.67. The second kappa shape index (κ2) is 5.45. The van der Waals surface area contributed by atoms with Gasteiger partial charge in [0.2, 0.25) is 0 Å². The highest BCUT2D eigenvalue weighted by atomic mass is 35.5. The largest absolute Gasteiger partial charge is 0.379 e. The maximum atomic E-state index is 13.7. The summed E-state index contributed by atoms with van der Waals surface area (Å²) in [5.74, 6) is 0.287. The average Bonchev–Trinajstić information content (AvgIpc) is 2.36. The van der Waals surface area contributed by atoms with Gasteiger partial charge in [-0.25, -0.2) is 4.39 Å². The Kier molecular flexibility index (Phi) is 3.66. The second-order valence-electron chi connectivity index (χ2n) is 5.52. The minimum Gasteiger partial charge on any atom is -0.379 e. The maximum absolute atomic E-state index is 13.7. The fourth-order valence-corrected chi connectivity index (χ4v) is 2.99. The van der Waals surface area contributed by atoms with Crippen LogP contribution in [0.2, 0.25) is 5.02 Å². The van der Waals surface area contributed by atoms with Crippen LogP contribution in [0.1, 0.15) is 29.9 Å². The van der Waals surface area contributed by atoms with Gasteiger partial charge in [0, 0.05) is 6.04 Å². The molecule has 0 unspecified atom stereocenters. The summed E-state index contributed by atoms with van der Waals surface area (Å²) in [5.41, 5.74) is 3.10. The normalized spacial score (nSPS) is 21.4. The molecule has 1 saturated carbocycles. The van der Waals surface area contributed by atoms with Crippen LogP contribution in [0.25, 0.3) is 0 Å². The second-order valence-corrected chi connectivity index (χ2v) is 5.93. The van der Waals surface area contributed by atoms with Gasteiger partial charge >= 0.3 is 0 Å². The predicted octanol–water partition coefficient (Wildman–Crippen LogP) is 5.15. The molecule has 0 atom stereocenters. The SMILES string of the molecule is Cc1cccc(C2CC(Nc3c(F)cccc3Cl)C2)c1. The zero-order chi connectivity index (χ0) is 14.1. The first-order valence-corrected chi connectivity index (χ1v) is 7.28. The molecule has 3 heteroatoms. The number of para-hydroxylation sites is 1. The van der Waals surface area contributed by atoms with Gasteiger partial charge in [-0.15, -0.1) is 0 Å². The van der Waals surface area contributed by atoms with Gasteiger partial charge in [-0.05, 0) is 43.4 Å². The minimum absolute atomic E-state index is 0.281. The van der Waals surface area contributed by atoms with Crippen molar-refractivity contribution in [3.05, 3.63) is 64.4 Å². The molecule has 0 radical (unpaired) electrons. The quantitative estimate of drug-likeness (QED) is 0.824. The minimum atomic E-state index is -0.281. The van der Waals surface area contributed by atoms with Crippen molar-refractivity contribution >= 4 is 17.3 Å². The highest BCUT2D eigenvalue weighted by Crippen LogP contribution is 2.40. The molecule has 0 aliphatic heterocycles. The summed E-state index contributed by atoms with van der Waals surface area (Å²) < 4.78 is 13.7. The third-order valence-corrected chi connectivity index (χ3v) is 4.28. The molecule has 2 aromatic carbocycles. The van der Waals surface area contributed by atoms with Crippen LogP contribution in [0.3, 0.4) is 0 Å². The van der Waals surface area contributed by atoms with Crippen LogP contribution in [-0.2, 0) is 0 Å². The molecule has 20 heavy (non-hydrogen) atoms. The smallest absolute Gasteiger partial charge is 0.147 e. The standard InChI is InChI=1S/C17H17ClFN/c1-11-4-2-5-12(8-11)13-9-14(10-13)20-17-15(18)6-3-7-16(17)19/h2-8,13-14,20H,9-10H2,1H3. The van der Waals surface area contributed by atoms with Crippen molar-refractivity contribution < 1.29 is 4.39 Å². The van der Waals surface area contributed by atoms with Gasteiger partial charge in [0.25, 0.3) is 0 Å². The van der Waals surface area contributed by atoms with Crippen molar-refractivity contribution in [2.24, 2.45) is 0 Å². The van der Waals surface area contributed by atoms with Crippen LogP contribution in [0.4, 0.5) is 10.1 Å². The van der Waals surface area contributed by atoms with E-state index in [9.17, 15) is 4.39 Å². The van der Waals surface area contributed by atoms with E-state index in [0.717, 1.165) is 12.8 Å². The lowest BCUT2D eigenvalue weighted by molar-refractivity contribution is 0.373. The first-order valence-electron chi connectivity index (χ1n) is 6.90. The molecule has 0 bridgehead atoms. The van der Waals surface area contributed by atoms with Gasteiger partial charge in [-0.1, -0.05) is 47.5 Å². The number of hydrogen-bond acceptors (Lipinski definition) is 1. The Morgan fingerprint density at radius 1 is 1.15 bits per heavy atom. The van der Waals surface area contributed by atoms with E-state index in [1.165, 1.54) is 17.2 Å². The zero-order valence-electron chi connectivity index (χ0n) is 11.4. The molecule has 1 nitrogen and oxygen atoms in total. The van der Waals surface area contributed by atoms with E-state index in [1.54, 1.807) is 12.1 Å². The Morgan fingerprint density at radius 3 is 2.60 bits per heavy atom. The molecule has 2 aromatic rings. The fraction of sp³-hybridized carbons (Fsp3) is 0.294. The van der Waals surface area contributed by atoms with Gasteiger partial charge in [-0.2, -0.15) is 0 Å². The van der Waals surface area contributed by atoms with E-state index >= 15 is 0 Å². The van der Waals surface area contributed by atoms with Crippen molar-refractivity contribution in [3.8, 4) is 0 Å². The molecular formula is C17H17ClFN. The van der Waals surface area contributed by atoms with E-state index in [1.807, 2.05) is 0 Å². The Labute approximate surface area is 123 Å². The van der Waals surface area contributed by atoms with E-state index < -0.39 is 0 Å². The Hall–Kier alpha value is -1.54. The lowest BCUT2D eigenvalue weighted by atomic mass is 9.75. The molecule has 1 aliphatic carbocycles. The molecule has 0 amide bonds. The Morgan fingerprint density at radius 2 is 1.90 bits per heavy atom. The zero-order valence-corrected chi connectivity index (χ0v) is 12.1. The molecule has 1 aliphatic rings. The average molecular weight is 290 g/mol. The Balaban J connectivity index is 1.64. The third-order valence-electron chi connectivity index (χ3n) is 3.96. The van der Waals surface area contributed by atoms with Gasteiger partial charge in [0.05, 0.1) is 10.7 Å². The molecule has 1 fully saturated rings. The van der Waals surface area contributed by atoms with Crippen LogP contribution in [0.15, 0.2) is 42.5 Å². The molecule has 0 spiro atoms. The summed E-state index contributed by atoms with van der Waals surface area (Å²) in [6, 6.07) is 13.7. The number of benzene rings is 2. The van der Waals surface area contributed by atoms with Gasteiger partial charge in [0.15, 0.2) is 0 Å². The van der Waals surface area contributed by atoms with E-state index in [4.69, 9.17) is 11.6 Å².